The van der Waals surface area contributed by atoms with Crippen LogP contribution in [-0.4, -0.2) is 22.9 Å². The van der Waals surface area contributed by atoms with E-state index in [9.17, 15) is 4.79 Å². The van der Waals surface area contributed by atoms with Crippen LogP contribution < -0.4 is 0 Å². The number of amides is 1. The molecule has 0 spiro atoms. The molecule has 0 N–H and O–H groups in total. The zero-order valence-electron chi connectivity index (χ0n) is 12.4. The Morgan fingerprint density at radius 1 is 1.20 bits per heavy atom. The summed E-state index contributed by atoms with van der Waals surface area (Å²) in [4.78, 5) is 14.9. The minimum atomic E-state index is 0.401. The summed E-state index contributed by atoms with van der Waals surface area (Å²) in [5.41, 5.74) is 1.32. The molecule has 0 unspecified atom stereocenters. The summed E-state index contributed by atoms with van der Waals surface area (Å²) in [6.45, 7) is 2.34. The van der Waals surface area contributed by atoms with Crippen molar-refractivity contribution in [1.82, 2.24) is 4.90 Å². The Labute approximate surface area is 126 Å². The van der Waals surface area contributed by atoms with Gasteiger partial charge in [0, 0.05) is 18.5 Å². The van der Waals surface area contributed by atoms with Gasteiger partial charge in [-0.15, -0.1) is 0 Å². The van der Waals surface area contributed by atoms with E-state index < -0.39 is 0 Å². The number of carbonyl (C=O) groups excluding carboxylic acids is 1. The van der Waals surface area contributed by atoms with Gasteiger partial charge in [-0.1, -0.05) is 6.92 Å². The summed E-state index contributed by atoms with van der Waals surface area (Å²) in [6.07, 6.45) is 9.11. The van der Waals surface area contributed by atoms with Crippen LogP contribution in [0.4, 0.5) is 0 Å². The molecule has 20 heavy (non-hydrogen) atoms. The highest BCUT2D eigenvalue weighted by Crippen LogP contribution is 2.35. The highest BCUT2D eigenvalue weighted by Gasteiger charge is 2.37. The van der Waals surface area contributed by atoms with Crippen LogP contribution in [0.15, 0.2) is 16.8 Å². The predicted octanol–water partition coefficient (Wildman–Crippen LogP) is 4.25. The molecule has 1 aromatic heterocycles. The van der Waals surface area contributed by atoms with Crippen LogP contribution in [0, 0.1) is 5.92 Å². The Morgan fingerprint density at radius 2 is 1.85 bits per heavy atom. The van der Waals surface area contributed by atoms with Crippen LogP contribution in [0.25, 0.3) is 0 Å². The van der Waals surface area contributed by atoms with E-state index in [1.807, 2.05) is 0 Å². The topological polar surface area (TPSA) is 20.3 Å². The van der Waals surface area contributed by atoms with Crippen LogP contribution in [-0.2, 0) is 11.2 Å². The largest absolute Gasteiger partial charge is 0.337 e. The first-order valence-corrected chi connectivity index (χ1v) is 9.00. The standard InChI is InChI=1S/C17H25NOS/c1-13-2-5-15(6-3-13)18(16-7-8-16)17(19)9-4-14-10-11-20-12-14/h10-13,15-16H,2-9H2,1H3. The van der Waals surface area contributed by atoms with E-state index >= 15 is 0 Å². The van der Waals surface area contributed by atoms with E-state index in [0.717, 1.165) is 12.3 Å². The summed E-state index contributed by atoms with van der Waals surface area (Å²) in [6, 6.07) is 3.25. The van der Waals surface area contributed by atoms with Crippen molar-refractivity contribution in [2.24, 2.45) is 5.92 Å². The molecule has 1 heterocycles. The number of nitrogens with zero attached hydrogens (tertiary/aromatic N) is 1. The van der Waals surface area contributed by atoms with Gasteiger partial charge in [0.2, 0.25) is 5.91 Å². The van der Waals surface area contributed by atoms with Gasteiger partial charge in [-0.05, 0) is 73.3 Å². The third-order valence-electron chi connectivity index (χ3n) is 4.81. The monoisotopic (exact) mass is 291 g/mol. The fourth-order valence-corrected chi connectivity index (χ4v) is 4.10. The van der Waals surface area contributed by atoms with E-state index in [1.165, 1.54) is 44.1 Å². The van der Waals surface area contributed by atoms with Crippen molar-refractivity contribution >= 4 is 17.2 Å². The average molecular weight is 291 g/mol. The molecule has 2 aliphatic carbocycles. The Balaban J connectivity index is 1.57. The Hall–Kier alpha value is -0.830. The molecule has 0 saturated heterocycles. The molecular weight excluding hydrogens is 266 g/mol. The second-order valence-corrected chi connectivity index (χ2v) is 7.36. The molecule has 2 nitrogen and oxygen atoms in total. The van der Waals surface area contributed by atoms with Gasteiger partial charge >= 0.3 is 0 Å². The first-order chi connectivity index (χ1) is 9.74. The van der Waals surface area contributed by atoms with E-state index in [2.05, 4.69) is 28.7 Å². The lowest BCUT2D eigenvalue weighted by atomic mass is 9.86. The van der Waals surface area contributed by atoms with Crippen molar-refractivity contribution in [1.29, 1.82) is 0 Å². The maximum Gasteiger partial charge on any atom is 0.223 e. The molecule has 110 valence electrons. The maximum atomic E-state index is 12.6. The van der Waals surface area contributed by atoms with E-state index in [1.54, 1.807) is 11.3 Å². The van der Waals surface area contributed by atoms with Gasteiger partial charge in [-0.3, -0.25) is 4.79 Å². The highest BCUT2D eigenvalue weighted by molar-refractivity contribution is 7.07. The van der Waals surface area contributed by atoms with Crippen LogP contribution >= 0.6 is 11.3 Å². The highest BCUT2D eigenvalue weighted by atomic mass is 32.1. The minimum absolute atomic E-state index is 0.401. The van der Waals surface area contributed by atoms with Gasteiger partial charge in [0.25, 0.3) is 0 Å². The van der Waals surface area contributed by atoms with E-state index in [-0.39, 0.29) is 0 Å². The molecule has 2 saturated carbocycles. The van der Waals surface area contributed by atoms with Gasteiger partial charge in [0.05, 0.1) is 0 Å². The third kappa shape index (κ3) is 3.43. The number of hydrogen-bond acceptors (Lipinski definition) is 2. The van der Waals surface area contributed by atoms with Crippen molar-refractivity contribution in [2.75, 3.05) is 0 Å². The lowest BCUT2D eigenvalue weighted by molar-refractivity contribution is -0.135. The van der Waals surface area contributed by atoms with Gasteiger partial charge < -0.3 is 4.90 Å². The van der Waals surface area contributed by atoms with Crippen molar-refractivity contribution in [3.05, 3.63) is 22.4 Å². The molecule has 1 amide bonds. The van der Waals surface area contributed by atoms with Gasteiger partial charge in [0.15, 0.2) is 0 Å². The molecule has 0 aliphatic heterocycles. The molecule has 3 heteroatoms. The summed E-state index contributed by atoms with van der Waals surface area (Å²) in [7, 11) is 0. The molecule has 2 aliphatic rings. The van der Waals surface area contributed by atoms with Gasteiger partial charge in [-0.25, -0.2) is 0 Å². The molecule has 2 fully saturated rings. The predicted molar refractivity (Wildman–Crippen MR) is 83.9 cm³/mol. The molecule has 3 rings (SSSR count). The van der Waals surface area contributed by atoms with Crippen molar-refractivity contribution < 1.29 is 4.79 Å². The number of hydrogen-bond donors (Lipinski definition) is 0. The normalized spacial score (nSPS) is 26.4. The van der Waals surface area contributed by atoms with E-state index in [0.29, 0.717) is 24.4 Å². The summed E-state index contributed by atoms with van der Waals surface area (Å²) in [5, 5.41) is 4.26. The zero-order valence-corrected chi connectivity index (χ0v) is 13.2. The maximum absolute atomic E-state index is 12.6. The Bertz CT molecular complexity index is 430. The number of rotatable bonds is 5. The number of thiophene rings is 1. The van der Waals surface area contributed by atoms with Gasteiger partial charge in [-0.2, -0.15) is 11.3 Å². The SMILES string of the molecule is CC1CCC(N(C(=O)CCc2ccsc2)C2CC2)CC1. The van der Waals surface area contributed by atoms with Crippen LogP contribution in [0.5, 0.6) is 0 Å². The fraction of sp³-hybridized carbons (Fsp3) is 0.706. The first kappa shape index (κ1) is 14.1. The number of carbonyl (C=O) groups is 1. The average Bonchev–Trinajstić information content (AvgIpc) is 3.14. The molecule has 1 aromatic rings. The third-order valence-corrected chi connectivity index (χ3v) is 5.55. The number of aryl methyl sites for hydroxylation is 1. The van der Waals surface area contributed by atoms with Crippen LogP contribution in [0.1, 0.15) is 57.4 Å². The molecular formula is C17H25NOS. The molecule has 0 radical (unpaired) electrons. The first-order valence-electron chi connectivity index (χ1n) is 8.06. The van der Waals surface area contributed by atoms with Gasteiger partial charge in [0.1, 0.15) is 0 Å². The van der Waals surface area contributed by atoms with E-state index in [4.69, 9.17) is 0 Å². The molecule has 0 atom stereocenters. The second-order valence-electron chi connectivity index (χ2n) is 6.58. The minimum Gasteiger partial charge on any atom is -0.337 e. The van der Waals surface area contributed by atoms with Crippen molar-refractivity contribution in [3.8, 4) is 0 Å². The fourth-order valence-electron chi connectivity index (χ4n) is 3.39. The summed E-state index contributed by atoms with van der Waals surface area (Å²) in [5.74, 6) is 1.26. The summed E-state index contributed by atoms with van der Waals surface area (Å²) < 4.78 is 0. The summed E-state index contributed by atoms with van der Waals surface area (Å²) >= 11 is 1.72. The quantitative estimate of drug-likeness (QED) is 0.794. The molecule has 0 bridgehead atoms. The zero-order chi connectivity index (χ0) is 13.9. The van der Waals surface area contributed by atoms with Crippen LogP contribution in [0.3, 0.4) is 0 Å². The van der Waals surface area contributed by atoms with Crippen molar-refractivity contribution in [2.45, 2.75) is 70.4 Å². The molecule has 0 aromatic carbocycles. The lowest BCUT2D eigenvalue weighted by Gasteiger charge is -2.36. The second kappa shape index (κ2) is 6.30. The lowest BCUT2D eigenvalue weighted by Crippen LogP contribution is -2.43. The van der Waals surface area contributed by atoms with Crippen molar-refractivity contribution in [3.63, 3.8) is 0 Å². The van der Waals surface area contributed by atoms with Crippen LogP contribution in [0.2, 0.25) is 0 Å². The Morgan fingerprint density at radius 3 is 2.40 bits per heavy atom. The smallest absolute Gasteiger partial charge is 0.223 e. The Kier molecular flexibility index (Phi) is 4.45.